The summed E-state index contributed by atoms with van der Waals surface area (Å²) in [5, 5.41) is 11.8. The fraction of sp³-hybridized carbons (Fsp3) is 0.0889. The number of nitrogens with zero attached hydrogens (tertiary/aromatic N) is 3. The molecule has 0 aliphatic carbocycles. The fourth-order valence-corrected chi connectivity index (χ4v) is 15.0. The summed E-state index contributed by atoms with van der Waals surface area (Å²) in [7, 11) is -3.96. The number of hydrogen-bond donors (Lipinski definition) is 0. The van der Waals surface area contributed by atoms with Crippen LogP contribution in [0.2, 0.25) is 26.2 Å². The molecule has 50 heavy (non-hydrogen) atoms. The van der Waals surface area contributed by atoms with Gasteiger partial charge < -0.3 is 9.80 Å². The summed E-state index contributed by atoms with van der Waals surface area (Å²) in [5.74, 6) is 0. The van der Waals surface area contributed by atoms with Gasteiger partial charge in [0.05, 0.1) is 16.9 Å². The lowest BCUT2D eigenvalue weighted by atomic mass is 9.94. The van der Waals surface area contributed by atoms with Gasteiger partial charge in [-0.05, 0) is 51.1 Å². The summed E-state index contributed by atoms with van der Waals surface area (Å²) in [6, 6.07) is 54.2. The molecule has 8 aromatic rings. The Bertz CT molecular complexity index is 2600. The first kappa shape index (κ1) is 29.4. The van der Waals surface area contributed by atoms with Crippen LogP contribution in [0.1, 0.15) is 0 Å². The third-order valence-corrected chi connectivity index (χ3v) is 18.5. The molecule has 0 saturated heterocycles. The van der Waals surface area contributed by atoms with Crippen LogP contribution < -0.4 is 30.5 Å². The van der Waals surface area contributed by atoms with E-state index in [1.54, 1.807) is 0 Å². The molecule has 0 bridgehead atoms. The summed E-state index contributed by atoms with van der Waals surface area (Å²) in [4.78, 5) is 10.3. The van der Waals surface area contributed by atoms with E-state index in [2.05, 4.69) is 188 Å². The smallest absolute Gasteiger partial charge is 0.117 e. The number of benzene rings is 7. The van der Waals surface area contributed by atoms with E-state index in [1.165, 1.54) is 71.0 Å². The van der Waals surface area contributed by atoms with Crippen LogP contribution >= 0.6 is 0 Å². The largest absolute Gasteiger partial charge is 0.309 e. The number of para-hydroxylation sites is 5. The van der Waals surface area contributed by atoms with Crippen molar-refractivity contribution in [1.82, 2.24) is 4.98 Å². The Kier molecular flexibility index (Phi) is 6.18. The number of rotatable bonds is 2. The molecule has 0 radical (unpaired) electrons. The Morgan fingerprint density at radius 3 is 1.22 bits per heavy atom. The Hall–Kier alpha value is -5.50. The van der Waals surface area contributed by atoms with Crippen molar-refractivity contribution in [2.45, 2.75) is 26.2 Å². The summed E-state index contributed by atoms with van der Waals surface area (Å²) in [5.41, 5.74) is 8.52. The quantitative estimate of drug-likeness (QED) is 0.103. The van der Waals surface area contributed by atoms with Gasteiger partial charge in [0, 0.05) is 55.9 Å². The molecule has 0 unspecified atom stereocenters. The lowest BCUT2D eigenvalue weighted by Gasteiger charge is -2.43. The second-order valence-electron chi connectivity index (χ2n) is 14.8. The van der Waals surface area contributed by atoms with Crippen molar-refractivity contribution in [2.75, 3.05) is 9.80 Å². The van der Waals surface area contributed by atoms with Crippen LogP contribution in [0.3, 0.4) is 0 Å². The van der Waals surface area contributed by atoms with Crippen molar-refractivity contribution in [2.24, 2.45) is 0 Å². The van der Waals surface area contributed by atoms with Gasteiger partial charge in [-0.1, -0.05) is 141 Å². The monoisotopic (exact) mass is 675 g/mol. The van der Waals surface area contributed by atoms with E-state index < -0.39 is 16.1 Å². The van der Waals surface area contributed by atoms with E-state index in [0.717, 1.165) is 16.3 Å². The molecule has 1 aromatic heterocycles. The molecular formula is C45H37N3Si2. The highest BCUT2D eigenvalue weighted by Gasteiger charge is 2.42. The first-order valence-corrected chi connectivity index (χ1v) is 23.6. The van der Waals surface area contributed by atoms with Crippen LogP contribution in [0.5, 0.6) is 0 Å². The summed E-state index contributed by atoms with van der Waals surface area (Å²) in [6.07, 6.45) is 2.14. The lowest BCUT2D eigenvalue weighted by Crippen LogP contribution is -2.58. The van der Waals surface area contributed by atoms with Crippen LogP contribution in [0, 0.1) is 0 Å². The van der Waals surface area contributed by atoms with Gasteiger partial charge >= 0.3 is 0 Å². The Labute approximate surface area is 295 Å². The summed E-state index contributed by atoms with van der Waals surface area (Å²) >= 11 is 0. The van der Waals surface area contributed by atoms with Crippen molar-refractivity contribution in [3.63, 3.8) is 0 Å². The Morgan fingerprint density at radius 1 is 0.380 bits per heavy atom. The minimum absolute atomic E-state index is 1.00. The molecule has 0 fully saturated rings. The highest BCUT2D eigenvalue weighted by molar-refractivity contribution is 7.03. The molecule has 0 spiro atoms. The number of anilines is 6. The molecule has 2 aliphatic heterocycles. The van der Waals surface area contributed by atoms with Crippen LogP contribution in [0.15, 0.2) is 152 Å². The van der Waals surface area contributed by atoms with Gasteiger partial charge in [-0.2, -0.15) is 0 Å². The predicted molar refractivity (Wildman–Crippen MR) is 220 cm³/mol. The summed E-state index contributed by atoms with van der Waals surface area (Å²) < 4.78 is 0. The molecule has 0 atom stereocenters. The van der Waals surface area contributed by atoms with Crippen molar-refractivity contribution >= 4 is 103 Å². The molecule has 2 aliphatic rings. The van der Waals surface area contributed by atoms with Crippen molar-refractivity contribution in [3.8, 4) is 0 Å². The molecule has 3 nitrogen and oxygen atoms in total. The van der Waals surface area contributed by atoms with E-state index in [4.69, 9.17) is 4.98 Å². The van der Waals surface area contributed by atoms with Gasteiger partial charge in [0.1, 0.15) is 16.1 Å². The van der Waals surface area contributed by atoms with Crippen molar-refractivity contribution < 1.29 is 0 Å². The van der Waals surface area contributed by atoms with E-state index in [0.29, 0.717) is 0 Å². The van der Waals surface area contributed by atoms with Crippen molar-refractivity contribution in [1.29, 1.82) is 0 Å². The van der Waals surface area contributed by atoms with E-state index in [-0.39, 0.29) is 0 Å². The van der Waals surface area contributed by atoms with Crippen LogP contribution in [-0.2, 0) is 0 Å². The molecule has 5 heteroatoms. The number of fused-ring (bicyclic) bond motifs is 8. The van der Waals surface area contributed by atoms with Gasteiger partial charge in [-0.15, -0.1) is 0 Å². The third-order valence-electron chi connectivity index (χ3n) is 11.4. The SMILES string of the molecule is C[Si]1(C)c2ccccc2N(c2c3ccccc3c(N3c4ccccc4[Si](C)(C)c4ccccc43)c3c2cnc2ccccc23)c2ccccc21. The Morgan fingerprint density at radius 2 is 0.740 bits per heavy atom. The maximum Gasteiger partial charge on any atom is 0.117 e. The van der Waals surface area contributed by atoms with Gasteiger partial charge in [-0.3, -0.25) is 4.98 Å². The van der Waals surface area contributed by atoms with Crippen molar-refractivity contribution in [3.05, 3.63) is 152 Å². The zero-order chi connectivity index (χ0) is 33.8. The number of aromatic nitrogens is 1. The highest BCUT2D eigenvalue weighted by atomic mass is 28.3. The normalized spacial score (nSPS) is 15.4. The molecule has 7 aromatic carbocycles. The lowest BCUT2D eigenvalue weighted by molar-refractivity contribution is 1.29. The maximum atomic E-state index is 5.18. The average Bonchev–Trinajstić information content (AvgIpc) is 3.15. The van der Waals surface area contributed by atoms with E-state index >= 15 is 0 Å². The van der Waals surface area contributed by atoms with E-state index in [1.807, 2.05) is 0 Å². The standard InChI is InChI=1S/C45H37N3Si2/c1-49(2)39-25-13-9-21-35(39)47(36-22-10-14-26-40(36)49)44-30-17-5-6-18-31(30)45(43-32-19-7-8-20-34(32)46-29-33(43)44)48-37-23-11-15-27-41(37)50(3,4)42-28-16-12-24-38(42)48/h5-29H,1-4H3. The zero-order valence-corrected chi connectivity index (χ0v) is 30.8. The van der Waals surface area contributed by atoms with Crippen LogP contribution in [0.25, 0.3) is 32.4 Å². The zero-order valence-electron chi connectivity index (χ0n) is 28.8. The Balaban J connectivity index is 1.42. The van der Waals surface area contributed by atoms with Gasteiger partial charge in [0.15, 0.2) is 0 Å². The number of hydrogen-bond acceptors (Lipinski definition) is 3. The van der Waals surface area contributed by atoms with Crippen LogP contribution in [0.4, 0.5) is 34.1 Å². The third kappa shape index (κ3) is 3.87. The molecular weight excluding hydrogens is 639 g/mol. The first-order chi connectivity index (χ1) is 24.4. The fourth-order valence-electron chi connectivity index (χ4n) is 9.05. The topological polar surface area (TPSA) is 19.4 Å². The van der Waals surface area contributed by atoms with Gasteiger partial charge in [0.2, 0.25) is 0 Å². The average molecular weight is 676 g/mol. The summed E-state index contributed by atoms with van der Waals surface area (Å²) in [6.45, 7) is 9.98. The minimum Gasteiger partial charge on any atom is -0.309 e. The second-order valence-corrected chi connectivity index (χ2v) is 23.5. The number of pyridine rings is 1. The van der Waals surface area contributed by atoms with E-state index in [9.17, 15) is 0 Å². The van der Waals surface area contributed by atoms with Gasteiger partial charge in [0.25, 0.3) is 0 Å². The molecule has 0 N–H and O–H groups in total. The highest BCUT2D eigenvalue weighted by Crippen LogP contribution is 2.53. The first-order valence-electron chi connectivity index (χ1n) is 17.6. The minimum atomic E-state index is -1.98. The molecule has 3 heterocycles. The molecule has 10 rings (SSSR count). The van der Waals surface area contributed by atoms with Gasteiger partial charge in [-0.25, -0.2) is 0 Å². The predicted octanol–water partition coefficient (Wildman–Crippen LogP) is 9.75. The molecule has 0 saturated carbocycles. The van der Waals surface area contributed by atoms with Crippen LogP contribution in [-0.4, -0.2) is 21.1 Å². The maximum absolute atomic E-state index is 5.18. The second kappa shape index (κ2) is 10.5. The molecule has 0 amide bonds. The molecule has 240 valence electrons.